The minimum absolute atomic E-state index is 0. The van der Waals surface area contributed by atoms with Gasteiger partial charge in [-0.3, -0.25) is 9.69 Å². The quantitative estimate of drug-likeness (QED) is 0.793. The molecule has 0 bridgehead atoms. The summed E-state index contributed by atoms with van der Waals surface area (Å²) >= 11 is 7.46. The zero-order valence-corrected chi connectivity index (χ0v) is 11.7. The van der Waals surface area contributed by atoms with Crippen molar-refractivity contribution in [1.29, 1.82) is 0 Å². The zero-order valence-electron chi connectivity index (χ0n) is 10.1. The van der Waals surface area contributed by atoms with Crippen LogP contribution in [-0.2, 0) is 4.79 Å². The number of hydrogen-bond donors (Lipinski definition) is 2. The van der Waals surface area contributed by atoms with Gasteiger partial charge in [-0.25, -0.2) is 0 Å². The molecule has 2 aliphatic heterocycles. The summed E-state index contributed by atoms with van der Waals surface area (Å²) < 4.78 is 0. The van der Waals surface area contributed by atoms with Gasteiger partial charge in [-0.05, 0) is 24.3 Å². The zero-order chi connectivity index (χ0) is 13.4. The first-order valence-corrected chi connectivity index (χ1v) is 7.45. The van der Waals surface area contributed by atoms with Gasteiger partial charge in [0.15, 0.2) is 11.9 Å². The molecule has 0 aromatic heterocycles. The number of halogens is 1. The molecule has 0 radical (unpaired) electrons. The molecule has 104 valence electrons. The Morgan fingerprint density at radius 1 is 1.35 bits per heavy atom. The molecule has 2 atom stereocenters. The molecule has 5 nitrogen and oxygen atoms in total. The maximum absolute atomic E-state index is 12.1. The number of thioether (sulfide) groups is 1. The van der Waals surface area contributed by atoms with Crippen molar-refractivity contribution in [3.8, 4) is 0 Å². The van der Waals surface area contributed by atoms with E-state index < -0.39 is 6.17 Å². The Labute approximate surface area is 148 Å². The Bertz CT molecular complexity index is 490. The van der Waals surface area contributed by atoms with E-state index in [2.05, 4.69) is 5.32 Å². The Morgan fingerprint density at radius 2 is 2.05 bits per heavy atom. The molecule has 2 N–H and O–H groups in total. The van der Waals surface area contributed by atoms with Gasteiger partial charge in [0.2, 0.25) is 0 Å². The number of anilines is 1. The van der Waals surface area contributed by atoms with Gasteiger partial charge in [-0.2, -0.15) is 0 Å². The Hall–Kier alpha value is 0.210. The summed E-state index contributed by atoms with van der Waals surface area (Å²) in [7, 11) is 0. The predicted octanol–water partition coefficient (Wildman–Crippen LogP) is 1.04. The summed E-state index contributed by atoms with van der Waals surface area (Å²) in [6.07, 6.45) is -0.701. The van der Waals surface area contributed by atoms with E-state index in [1.165, 1.54) is 0 Å². The first-order chi connectivity index (χ1) is 9.15. The Morgan fingerprint density at radius 3 is 2.75 bits per heavy atom. The van der Waals surface area contributed by atoms with Crippen molar-refractivity contribution < 1.29 is 10.0 Å². The third-order valence-electron chi connectivity index (χ3n) is 3.26. The molecule has 0 aliphatic carbocycles. The monoisotopic (exact) mass is 323 g/mol. The van der Waals surface area contributed by atoms with Crippen molar-refractivity contribution in [3.63, 3.8) is 0 Å². The average molecular weight is 324 g/mol. The van der Waals surface area contributed by atoms with E-state index in [9.17, 15) is 10.0 Å². The molecule has 1 aromatic rings. The van der Waals surface area contributed by atoms with Gasteiger partial charge in [0.05, 0.1) is 6.54 Å². The Kier molecular flexibility index (Phi) is 5.79. The van der Waals surface area contributed by atoms with Crippen molar-refractivity contribution in [2.24, 2.45) is 0 Å². The van der Waals surface area contributed by atoms with Gasteiger partial charge in [0, 0.05) is 23.0 Å². The van der Waals surface area contributed by atoms with Crippen LogP contribution in [0.1, 0.15) is 0 Å². The van der Waals surface area contributed by atoms with Gasteiger partial charge in [0.1, 0.15) is 5.50 Å². The van der Waals surface area contributed by atoms with Crippen LogP contribution in [0.15, 0.2) is 24.3 Å². The van der Waals surface area contributed by atoms with E-state index in [1.54, 1.807) is 36.0 Å². The maximum atomic E-state index is 12.1. The number of carbonyl (C=O) groups is 1. The van der Waals surface area contributed by atoms with Crippen LogP contribution in [0, 0.1) is 0 Å². The minimum atomic E-state index is -0.701. The van der Waals surface area contributed by atoms with Crippen LogP contribution in [0.2, 0.25) is 5.02 Å². The number of fused-ring (bicyclic) bond motifs is 1. The van der Waals surface area contributed by atoms with Crippen molar-refractivity contribution >= 4 is 64.4 Å². The van der Waals surface area contributed by atoms with E-state index in [0.29, 0.717) is 11.6 Å². The molecule has 1 aromatic carbocycles. The van der Waals surface area contributed by atoms with Crippen molar-refractivity contribution in [1.82, 2.24) is 9.96 Å². The number of Topliss-reactive ketones (excluding diaryl/α,β-unsaturated/α-hetero) is 1. The number of nitrogens with one attached hydrogen (secondary N) is 1. The second kappa shape index (κ2) is 6.98. The first kappa shape index (κ1) is 16.6. The normalized spacial score (nSPS) is 27.0. The topological polar surface area (TPSA) is 55.8 Å². The fourth-order valence-electron chi connectivity index (χ4n) is 2.30. The van der Waals surface area contributed by atoms with E-state index in [4.69, 9.17) is 11.6 Å². The predicted molar refractivity (Wildman–Crippen MR) is 82.5 cm³/mol. The van der Waals surface area contributed by atoms with Gasteiger partial charge >= 0.3 is 29.6 Å². The van der Waals surface area contributed by atoms with Gasteiger partial charge in [-0.15, -0.1) is 16.8 Å². The third-order valence-corrected chi connectivity index (χ3v) is 4.74. The number of rotatable bonds is 2. The van der Waals surface area contributed by atoms with Crippen LogP contribution in [0.4, 0.5) is 5.69 Å². The number of benzene rings is 1. The summed E-state index contributed by atoms with van der Waals surface area (Å²) in [6, 6.07) is 7.07. The molecule has 2 heterocycles. The second-order valence-corrected chi connectivity index (χ2v) is 6.17. The number of hydrogen-bond acceptors (Lipinski definition) is 6. The van der Waals surface area contributed by atoms with E-state index in [-0.39, 0.29) is 40.8 Å². The molecule has 0 spiro atoms. The van der Waals surface area contributed by atoms with Gasteiger partial charge in [0.25, 0.3) is 0 Å². The van der Waals surface area contributed by atoms with Crippen LogP contribution >= 0.6 is 23.4 Å². The molecule has 2 unspecified atom stereocenters. The molecular weight excluding hydrogens is 309 g/mol. The van der Waals surface area contributed by atoms with E-state index in [1.807, 2.05) is 4.90 Å². The molecule has 2 fully saturated rings. The van der Waals surface area contributed by atoms with E-state index in [0.717, 1.165) is 23.0 Å². The van der Waals surface area contributed by atoms with Crippen LogP contribution in [-0.4, -0.2) is 81.0 Å². The van der Waals surface area contributed by atoms with Crippen molar-refractivity contribution in [3.05, 3.63) is 29.3 Å². The molecule has 8 heteroatoms. The number of hydroxylamine groups is 2. The summed E-state index contributed by atoms with van der Waals surface area (Å²) in [4.78, 5) is 14.1. The van der Waals surface area contributed by atoms with E-state index >= 15 is 0 Å². The number of nitrogens with zero attached hydrogens (tertiary/aromatic N) is 2. The van der Waals surface area contributed by atoms with Crippen LogP contribution in [0.25, 0.3) is 0 Å². The Balaban J connectivity index is 0.00000147. The third kappa shape index (κ3) is 3.34. The SMILES string of the molecule is O=C1CN2CCSC2N(O)C1Nc1ccc(Cl)cc1.[NaH]. The molecule has 2 aliphatic rings. The standard InChI is InChI=1S/C12H14ClN3O2S.Na.H/c13-8-1-3-9(4-2-8)14-11-10(17)7-15-5-6-19-12(15)16(11)18;;/h1-4,11-12,14,18H,5-7H2;;. The summed E-state index contributed by atoms with van der Waals surface area (Å²) in [5, 5.41) is 15.0. The first-order valence-electron chi connectivity index (χ1n) is 6.03. The fourth-order valence-corrected chi connectivity index (χ4v) is 3.65. The molecular formula is C12H15ClN3NaO2S. The molecule has 0 amide bonds. The van der Waals surface area contributed by atoms with Crippen LogP contribution in [0.5, 0.6) is 0 Å². The van der Waals surface area contributed by atoms with Crippen LogP contribution < -0.4 is 5.32 Å². The molecule has 0 saturated carbocycles. The molecule has 3 rings (SSSR count). The van der Waals surface area contributed by atoms with Crippen LogP contribution in [0.3, 0.4) is 0 Å². The summed E-state index contributed by atoms with van der Waals surface area (Å²) in [5.41, 5.74) is 0.626. The van der Waals surface area contributed by atoms with Gasteiger partial charge in [-0.1, -0.05) is 11.6 Å². The summed E-state index contributed by atoms with van der Waals surface area (Å²) in [6.45, 7) is 1.21. The summed E-state index contributed by atoms with van der Waals surface area (Å²) in [5.74, 6) is 0.902. The van der Waals surface area contributed by atoms with Crippen molar-refractivity contribution in [2.45, 2.75) is 11.7 Å². The molecule has 2 saturated heterocycles. The fraction of sp³-hybridized carbons (Fsp3) is 0.417. The van der Waals surface area contributed by atoms with Gasteiger partial charge < -0.3 is 10.5 Å². The average Bonchev–Trinajstić information content (AvgIpc) is 2.85. The number of carbonyl (C=O) groups excluding carboxylic acids is 1. The van der Waals surface area contributed by atoms with Crippen molar-refractivity contribution in [2.75, 3.05) is 24.2 Å². The second-order valence-electron chi connectivity index (χ2n) is 4.57. The molecule has 20 heavy (non-hydrogen) atoms. The number of ketones is 1.